The van der Waals surface area contributed by atoms with Gasteiger partial charge in [0.2, 0.25) is 0 Å². The van der Waals surface area contributed by atoms with Crippen LogP contribution in [-0.2, 0) is 6.61 Å². The molecule has 2 aromatic heterocycles. The minimum Gasteiger partial charge on any atom is -0.392 e. The Bertz CT molecular complexity index is 784. The molecule has 106 valence electrons. The zero-order valence-corrected chi connectivity index (χ0v) is 12.7. The van der Waals surface area contributed by atoms with Crippen LogP contribution < -0.4 is 0 Å². The van der Waals surface area contributed by atoms with Crippen LogP contribution in [0, 0.1) is 13.8 Å². The molecule has 5 heteroatoms. The van der Waals surface area contributed by atoms with E-state index in [1.54, 1.807) is 0 Å². The predicted octanol–water partition coefficient (Wildman–Crippen LogP) is 3.29. The van der Waals surface area contributed by atoms with Crippen LogP contribution in [-0.4, -0.2) is 20.1 Å². The quantitative estimate of drug-likeness (QED) is 0.752. The second-order valence-electron chi connectivity index (χ2n) is 4.84. The molecule has 3 rings (SSSR count). The number of hydrogen-bond donors (Lipinski definition) is 1. The highest BCUT2D eigenvalue weighted by molar-refractivity contribution is 7.99. The van der Waals surface area contributed by atoms with Crippen LogP contribution >= 0.6 is 11.8 Å². The number of rotatable bonds is 3. The van der Waals surface area contributed by atoms with Crippen LogP contribution in [0.3, 0.4) is 0 Å². The van der Waals surface area contributed by atoms with Gasteiger partial charge in [0.15, 0.2) is 5.16 Å². The Balaban J connectivity index is 2.06. The van der Waals surface area contributed by atoms with Gasteiger partial charge in [-0.15, -0.1) is 0 Å². The van der Waals surface area contributed by atoms with E-state index in [2.05, 4.69) is 15.0 Å². The van der Waals surface area contributed by atoms with Gasteiger partial charge in [-0.3, -0.25) is 0 Å². The first-order chi connectivity index (χ1) is 10.2. The molecule has 3 aromatic rings. The van der Waals surface area contributed by atoms with Gasteiger partial charge in [0.25, 0.3) is 0 Å². The van der Waals surface area contributed by atoms with Crippen molar-refractivity contribution >= 4 is 22.7 Å². The molecule has 2 heterocycles. The Labute approximate surface area is 127 Å². The highest BCUT2D eigenvalue weighted by Crippen LogP contribution is 2.29. The number of aryl methyl sites for hydroxylation is 2. The Morgan fingerprint density at radius 1 is 1.00 bits per heavy atom. The number of nitrogens with zero attached hydrogens (tertiary/aromatic N) is 3. The zero-order valence-electron chi connectivity index (χ0n) is 11.9. The van der Waals surface area contributed by atoms with E-state index < -0.39 is 0 Å². The van der Waals surface area contributed by atoms with Crippen molar-refractivity contribution in [1.82, 2.24) is 15.0 Å². The van der Waals surface area contributed by atoms with Gasteiger partial charge in [0.1, 0.15) is 5.03 Å². The smallest absolute Gasteiger partial charge is 0.194 e. The largest absolute Gasteiger partial charge is 0.392 e. The molecule has 4 nitrogen and oxygen atoms in total. The van der Waals surface area contributed by atoms with Crippen LogP contribution in [0.5, 0.6) is 0 Å². The number of aliphatic hydroxyl groups is 1. The minimum absolute atomic E-state index is 0.0506. The number of aliphatic hydroxyl groups excluding tert-OH is 1. The fourth-order valence-corrected chi connectivity index (χ4v) is 3.12. The van der Waals surface area contributed by atoms with E-state index in [9.17, 15) is 5.11 Å². The summed E-state index contributed by atoms with van der Waals surface area (Å²) in [6.45, 7) is 3.84. The van der Waals surface area contributed by atoms with Crippen molar-refractivity contribution in [2.45, 2.75) is 30.6 Å². The second kappa shape index (κ2) is 5.79. The maximum absolute atomic E-state index is 9.57. The van der Waals surface area contributed by atoms with Crippen LogP contribution in [0.25, 0.3) is 10.9 Å². The molecule has 0 aliphatic rings. The van der Waals surface area contributed by atoms with Gasteiger partial charge in [0.05, 0.1) is 12.1 Å². The molecule has 1 N–H and O–H groups in total. The highest BCUT2D eigenvalue weighted by Gasteiger charge is 2.10. The van der Waals surface area contributed by atoms with Crippen LogP contribution in [0.2, 0.25) is 0 Å². The fraction of sp³-hybridized carbons (Fsp3) is 0.188. The first-order valence-corrected chi connectivity index (χ1v) is 7.47. The van der Waals surface area contributed by atoms with Crippen molar-refractivity contribution < 1.29 is 5.11 Å². The summed E-state index contributed by atoms with van der Waals surface area (Å²) in [7, 11) is 0. The molecule has 0 radical (unpaired) electrons. The van der Waals surface area contributed by atoms with Gasteiger partial charge in [-0.2, -0.15) is 0 Å². The lowest BCUT2D eigenvalue weighted by Crippen LogP contribution is -1.96. The van der Waals surface area contributed by atoms with E-state index in [0.717, 1.165) is 32.9 Å². The average molecular weight is 297 g/mol. The normalized spacial score (nSPS) is 11.0. The number of para-hydroxylation sites is 1. The molecule has 0 atom stereocenters. The Kier molecular flexibility index (Phi) is 3.86. The van der Waals surface area contributed by atoms with Gasteiger partial charge < -0.3 is 5.11 Å². The highest BCUT2D eigenvalue weighted by atomic mass is 32.2. The van der Waals surface area contributed by atoms with E-state index in [1.165, 1.54) is 11.8 Å². The topological polar surface area (TPSA) is 58.9 Å². The van der Waals surface area contributed by atoms with Crippen molar-refractivity contribution in [2.24, 2.45) is 0 Å². The summed E-state index contributed by atoms with van der Waals surface area (Å²) < 4.78 is 0. The molecule has 0 unspecified atom stereocenters. The first-order valence-electron chi connectivity index (χ1n) is 6.65. The van der Waals surface area contributed by atoms with Crippen molar-refractivity contribution in [3.05, 3.63) is 53.3 Å². The van der Waals surface area contributed by atoms with E-state index in [1.807, 2.05) is 50.2 Å². The number of pyridine rings is 1. The Hall–Kier alpha value is -1.98. The van der Waals surface area contributed by atoms with E-state index in [0.29, 0.717) is 5.16 Å². The van der Waals surface area contributed by atoms with E-state index in [-0.39, 0.29) is 6.61 Å². The number of benzene rings is 1. The van der Waals surface area contributed by atoms with Crippen molar-refractivity contribution in [1.29, 1.82) is 0 Å². The number of hydrogen-bond acceptors (Lipinski definition) is 5. The summed E-state index contributed by atoms with van der Waals surface area (Å²) in [4.78, 5) is 13.5. The lowest BCUT2D eigenvalue weighted by molar-refractivity contribution is 0.278. The SMILES string of the molecule is Cc1cc(C)nc(Sc2nc3ccccc3cc2CO)n1. The summed E-state index contributed by atoms with van der Waals surface area (Å²) in [5.74, 6) is 0. The van der Waals surface area contributed by atoms with Crippen molar-refractivity contribution in [3.8, 4) is 0 Å². The summed E-state index contributed by atoms with van der Waals surface area (Å²) in [6, 6.07) is 11.8. The Morgan fingerprint density at radius 2 is 1.71 bits per heavy atom. The number of fused-ring (bicyclic) bond motifs is 1. The van der Waals surface area contributed by atoms with Gasteiger partial charge in [-0.1, -0.05) is 18.2 Å². The molecule has 21 heavy (non-hydrogen) atoms. The molecule has 1 aromatic carbocycles. The average Bonchev–Trinajstić information content (AvgIpc) is 2.45. The maximum Gasteiger partial charge on any atom is 0.194 e. The van der Waals surface area contributed by atoms with Gasteiger partial charge in [-0.25, -0.2) is 15.0 Å². The summed E-state index contributed by atoms with van der Waals surface area (Å²) in [5.41, 5.74) is 3.55. The van der Waals surface area contributed by atoms with Crippen molar-refractivity contribution in [3.63, 3.8) is 0 Å². The molecular formula is C16H15N3OS. The first kappa shape index (κ1) is 14.0. The third-order valence-corrected chi connectivity index (χ3v) is 4.00. The van der Waals surface area contributed by atoms with E-state index in [4.69, 9.17) is 0 Å². The molecule has 0 spiro atoms. The lowest BCUT2D eigenvalue weighted by atomic mass is 10.2. The fourth-order valence-electron chi connectivity index (χ4n) is 2.17. The lowest BCUT2D eigenvalue weighted by Gasteiger charge is -2.08. The maximum atomic E-state index is 9.57. The monoisotopic (exact) mass is 297 g/mol. The van der Waals surface area contributed by atoms with Crippen LogP contribution in [0.15, 0.2) is 46.6 Å². The summed E-state index contributed by atoms with van der Waals surface area (Å²) >= 11 is 1.39. The zero-order chi connectivity index (χ0) is 14.8. The molecule has 0 bridgehead atoms. The van der Waals surface area contributed by atoms with Crippen LogP contribution in [0.4, 0.5) is 0 Å². The molecule has 0 aliphatic carbocycles. The third-order valence-electron chi connectivity index (χ3n) is 3.08. The predicted molar refractivity (Wildman–Crippen MR) is 83.3 cm³/mol. The minimum atomic E-state index is -0.0506. The molecule has 0 saturated carbocycles. The summed E-state index contributed by atoms with van der Waals surface area (Å²) in [5, 5.41) is 12.0. The molecular weight excluding hydrogens is 282 g/mol. The molecule has 0 amide bonds. The van der Waals surface area contributed by atoms with Gasteiger partial charge in [-0.05, 0) is 43.8 Å². The molecule has 0 saturated heterocycles. The van der Waals surface area contributed by atoms with Gasteiger partial charge >= 0.3 is 0 Å². The third kappa shape index (κ3) is 3.04. The second-order valence-corrected chi connectivity index (χ2v) is 5.79. The van der Waals surface area contributed by atoms with Gasteiger partial charge in [0, 0.05) is 22.3 Å². The molecule has 0 fully saturated rings. The van der Waals surface area contributed by atoms with Crippen LogP contribution in [0.1, 0.15) is 17.0 Å². The molecule has 0 aliphatic heterocycles. The standard InChI is InChI=1S/C16H15N3OS/c1-10-7-11(2)18-16(17-10)21-15-13(9-20)8-12-5-3-4-6-14(12)19-15/h3-8,20H,9H2,1-2H3. The van der Waals surface area contributed by atoms with E-state index >= 15 is 0 Å². The van der Waals surface area contributed by atoms with Crippen molar-refractivity contribution in [2.75, 3.05) is 0 Å². The summed E-state index contributed by atoms with van der Waals surface area (Å²) in [6.07, 6.45) is 0. The number of aromatic nitrogens is 3. The Morgan fingerprint density at radius 3 is 2.43 bits per heavy atom.